The average Bonchev–Trinajstić information content (AvgIpc) is 3.90. The number of hydrogen-bond acceptors (Lipinski definition) is 12. The van der Waals surface area contributed by atoms with E-state index in [9.17, 15) is 36.0 Å². The van der Waals surface area contributed by atoms with Crippen molar-refractivity contribution in [1.82, 2.24) is 19.6 Å². The van der Waals surface area contributed by atoms with Gasteiger partial charge in [-0.25, -0.2) is 36.5 Å². The quantitative estimate of drug-likeness (QED) is 0.0374. The highest BCUT2D eigenvalue weighted by Crippen LogP contribution is 2.29. The van der Waals surface area contributed by atoms with Crippen LogP contribution in [-0.4, -0.2) is 86.0 Å². The average molecular weight is 1220 g/mol. The van der Waals surface area contributed by atoms with E-state index in [1.807, 2.05) is 116 Å². The Morgan fingerprint density at radius 3 is 1.16 bits per heavy atom. The van der Waals surface area contributed by atoms with E-state index < -0.39 is 20.0 Å². The Labute approximate surface area is 493 Å². The molecule has 0 radical (unpaired) electrons. The minimum atomic E-state index is -3.85. The first-order chi connectivity index (χ1) is 39.8. The zero-order valence-corrected chi connectivity index (χ0v) is 49.5. The fourth-order valence-corrected chi connectivity index (χ4v) is 10.8. The molecule has 0 amide bonds. The molecule has 0 bridgehead atoms. The summed E-state index contributed by atoms with van der Waals surface area (Å²) in [7, 11) is -7.69. The lowest BCUT2D eigenvalue weighted by Crippen LogP contribution is -2.16. The molecule has 0 fully saturated rings. The largest absolute Gasteiger partial charge is 0.366 e. The number of aryl methyl sites for hydroxylation is 1. The van der Waals surface area contributed by atoms with Crippen LogP contribution in [0.3, 0.4) is 0 Å². The maximum Gasteiger partial charge on any atom is 0.238 e. The highest BCUT2D eigenvalue weighted by molar-refractivity contribution is 9.10. The van der Waals surface area contributed by atoms with Crippen LogP contribution in [0.2, 0.25) is 0 Å². The minimum absolute atomic E-state index is 0.0122. The summed E-state index contributed by atoms with van der Waals surface area (Å²) in [5.41, 5.74) is 11.3. The van der Waals surface area contributed by atoms with Crippen molar-refractivity contribution in [3.8, 4) is 33.9 Å². The van der Waals surface area contributed by atoms with Gasteiger partial charge < -0.3 is 9.47 Å². The highest BCUT2D eigenvalue weighted by Gasteiger charge is 2.18. The molecule has 0 unspecified atom stereocenters. The van der Waals surface area contributed by atoms with Crippen LogP contribution in [0.5, 0.6) is 0 Å². The minimum Gasteiger partial charge on any atom is -0.366 e. The number of ketones is 4. The van der Waals surface area contributed by atoms with Crippen molar-refractivity contribution in [3.63, 3.8) is 0 Å². The Hall–Kier alpha value is -7.36. The molecule has 0 aliphatic heterocycles. The van der Waals surface area contributed by atoms with Gasteiger partial charge in [-0.1, -0.05) is 139 Å². The van der Waals surface area contributed by atoms with Crippen molar-refractivity contribution in [2.75, 3.05) is 26.4 Å². The Balaban J connectivity index is 0.651. The van der Waals surface area contributed by atoms with Gasteiger partial charge in [0.25, 0.3) is 0 Å². The second-order valence-corrected chi connectivity index (χ2v) is 24.8. The van der Waals surface area contributed by atoms with Crippen LogP contribution >= 0.6 is 15.9 Å². The molecule has 0 saturated heterocycles. The summed E-state index contributed by atoms with van der Waals surface area (Å²) >= 11 is 3.49. The van der Waals surface area contributed by atoms with Gasteiger partial charge in [0.1, 0.15) is 26.4 Å². The van der Waals surface area contributed by atoms with Crippen molar-refractivity contribution in [2.45, 2.75) is 100 Å². The third-order valence-electron chi connectivity index (χ3n) is 13.9. The molecule has 4 N–H and O–H groups in total. The number of Topliss-reactive ketones (excluding diaryl/α,β-unsaturated/α-hetero) is 4. The lowest BCUT2D eigenvalue weighted by molar-refractivity contribution is -0.129. The number of hydrogen-bond donors (Lipinski definition) is 2. The molecule has 6 aromatic carbocycles. The molecule has 19 heteroatoms. The number of benzene rings is 6. The molecule has 16 nitrogen and oxygen atoms in total. The van der Waals surface area contributed by atoms with E-state index in [4.69, 9.17) is 29.9 Å². The first-order valence-electron chi connectivity index (χ1n) is 27.5. The van der Waals surface area contributed by atoms with Crippen LogP contribution in [0, 0.1) is 6.92 Å². The number of halogens is 1. The van der Waals surface area contributed by atoms with E-state index in [0.717, 1.165) is 111 Å². The van der Waals surface area contributed by atoms with Crippen LogP contribution in [0.1, 0.15) is 97.0 Å². The third-order valence-corrected chi connectivity index (χ3v) is 16.3. The zero-order valence-electron chi connectivity index (χ0n) is 46.3. The summed E-state index contributed by atoms with van der Waals surface area (Å²) < 4.78 is 62.9. The molecule has 83 heavy (non-hydrogen) atoms. The van der Waals surface area contributed by atoms with Crippen molar-refractivity contribution in [2.24, 2.45) is 10.3 Å². The highest BCUT2D eigenvalue weighted by atomic mass is 79.9. The maximum absolute atomic E-state index is 12.7. The number of sulfonamides is 2. The predicted molar refractivity (Wildman–Crippen MR) is 322 cm³/mol. The molecule has 2 heterocycles. The number of aromatic nitrogens is 4. The van der Waals surface area contributed by atoms with Gasteiger partial charge in [-0.3, -0.25) is 19.2 Å². The van der Waals surface area contributed by atoms with Gasteiger partial charge in [0.05, 0.1) is 43.9 Å². The molecule has 0 aliphatic carbocycles. The number of ether oxygens (including phenoxy) is 2. The first-order valence-corrected chi connectivity index (χ1v) is 31.4. The van der Waals surface area contributed by atoms with Gasteiger partial charge in [-0.15, -0.1) is 0 Å². The SMILES string of the molecule is Cc1ccc(-c2cc(Cc3ccc(CC(=O)COCC(=O)CCCCCCCCCC(=O)COCC(=O)Cc4ccc(Cc5cc(-c6ccc(Br)cc6)n(-c6ccc(S(N)(=O)=O)cc6)n5)cc4)cc3)nn2-c2ccc(S(N)(=O)=O)cc2)cc1. The lowest BCUT2D eigenvalue weighted by atomic mass is 10.0. The van der Waals surface area contributed by atoms with Gasteiger partial charge in [0.15, 0.2) is 23.1 Å². The molecule has 8 aromatic rings. The molecule has 0 atom stereocenters. The second kappa shape index (κ2) is 29.2. The molecule has 0 aliphatic rings. The van der Waals surface area contributed by atoms with Crippen molar-refractivity contribution in [3.05, 3.63) is 201 Å². The second-order valence-electron chi connectivity index (χ2n) is 20.8. The van der Waals surface area contributed by atoms with E-state index in [2.05, 4.69) is 15.9 Å². The van der Waals surface area contributed by atoms with Gasteiger partial charge in [-0.2, -0.15) is 10.2 Å². The fourth-order valence-electron chi connectivity index (χ4n) is 9.49. The summed E-state index contributed by atoms with van der Waals surface area (Å²) in [4.78, 5) is 50.4. The normalized spacial score (nSPS) is 11.7. The van der Waals surface area contributed by atoms with Crippen LogP contribution in [0.25, 0.3) is 33.9 Å². The van der Waals surface area contributed by atoms with Crippen LogP contribution < -0.4 is 10.3 Å². The summed E-state index contributed by atoms with van der Waals surface area (Å²) in [6.07, 6.45) is 8.48. The van der Waals surface area contributed by atoms with Crippen molar-refractivity contribution < 1.29 is 45.5 Å². The molecule has 0 spiro atoms. The number of carbonyl (C=O) groups excluding carboxylic acids is 4. The van der Waals surface area contributed by atoms with Crippen LogP contribution in [0.4, 0.5) is 0 Å². The van der Waals surface area contributed by atoms with Gasteiger partial charge >= 0.3 is 0 Å². The zero-order chi connectivity index (χ0) is 58.9. The maximum atomic E-state index is 12.7. The Kier molecular flexibility index (Phi) is 21.7. The molecular weight excluding hydrogens is 1160 g/mol. The van der Waals surface area contributed by atoms with Crippen LogP contribution in [0.15, 0.2) is 172 Å². The van der Waals surface area contributed by atoms with Crippen molar-refractivity contribution in [1.29, 1.82) is 0 Å². The number of nitrogens with two attached hydrogens (primary N) is 2. The summed E-state index contributed by atoms with van der Waals surface area (Å²) in [6.45, 7) is 1.54. The monoisotopic (exact) mass is 1220 g/mol. The van der Waals surface area contributed by atoms with Gasteiger partial charge in [0.2, 0.25) is 20.0 Å². The number of unbranched alkanes of at least 4 members (excludes halogenated alkanes) is 6. The smallest absolute Gasteiger partial charge is 0.238 e. The van der Waals surface area contributed by atoms with Crippen molar-refractivity contribution >= 4 is 59.1 Å². The molecule has 432 valence electrons. The first kappa shape index (κ1) is 61.7. The molecule has 8 rings (SSSR count). The fraction of sp³-hybridized carbons (Fsp3) is 0.281. The summed E-state index contributed by atoms with van der Waals surface area (Å²) in [5, 5.41) is 20.4. The van der Waals surface area contributed by atoms with E-state index in [1.54, 1.807) is 33.6 Å². The molecule has 0 saturated carbocycles. The lowest BCUT2D eigenvalue weighted by Gasteiger charge is -2.09. The number of carbonyl (C=O) groups is 4. The van der Waals surface area contributed by atoms with Crippen LogP contribution in [-0.2, 0) is 74.4 Å². The predicted octanol–water partition coefficient (Wildman–Crippen LogP) is 10.5. The summed E-state index contributed by atoms with van der Waals surface area (Å²) in [6, 6.07) is 47.9. The number of nitrogens with zero attached hydrogens (tertiary/aromatic N) is 4. The topological polar surface area (TPSA) is 243 Å². The molecular formula is C64H67BrN6O10S2. The summed E-state index contributed by atoms with van der Waals surface area (Å²) in [5.74, 6) is -0.307. The van der Waals surface area contributed by atoms with E-state index >= 15 is 0 Å². The van der Waals surface area contributed by atoms with E-state index in [-0.39, 0.29) is 72.2 Å². The third kappa shape index (κ3) is 18.8. The molecule has 2 aromatic heterocycles. The van der Waals surface area contributed by atoms with E-state index in [1.165, 1.54) is 24.3 Å². The standard InChI is InChI=1S/C64H67BrN6O10S2/c1-45-11-21-50(22-12-45)63-39-53(68-70(63)55-27-31-61(32-28-55)82(66,76)77)35-46-13-17-48(18-14-46)37-59(74)43-80-41-57(72)9-7-5-3-2-4-6-8-10-58(73)42-81-44-60(75)38-49-19-15-47(16-20-49)36-54-40-64(51-23-25-52(65)26-24-51)71(69-54)56-29-33-62(34-30-56)83(67,78)79/h11-34,39-40H,2-10,35-38,41-44H2,1H3,(H2,66,76,77)(H2,67,78,79). The number of rotatable bonds is 32. The van der Waals surface area contributed by atoms with Gasteiger partial charge in [-0.05, 0) is 115 Å². The Morgan fingerprint density at radius 1 is 0.446 bits per heavy atom. The van der Waals surface area contributed by atoms with Gasteiger partial charge in [0, 0.05) is 54.1 Å². The Morgan fingerprint density at radius 2 is 0.783 bits per heavy atom. The number of primary sulfonamides is 2. The Bertz CT molecular complexity index is 3490. The van der Waals surface area contributed by atoms with E-state index in [0.29, 0.717) is 37.1 Å².